The van der Waals surface area contributed by atoms with Gasteiger partial charge in [0.25, 0.3) is 0 Å². The smallest absolute Gasteiger partial charge is 0.151 e. The van der Waals surface area contributed by atoms with Crippen molar-refractivity contribution < 1.29 is 4.52 Å². The van der Waals surface area contributed by atoms with Crippen LogP contribution in [0.4, 0.5) is 0 Å². The summed E-state index contributed by atoms with van der Waals surface area (Å²) in [5, 5.41) is 0. The molecule has 0 atom stereocenters. The predicted octanol–water partition coefficient (Wildman–Crippen LogP) is 1.23. The zero-order valence-electron chi connectivity index (χ0n) is 4.86. The molecule has 0 saturated heterocycles. The van der Waals surface area contributed by atoms with E-state index in [9.17, 15) is 0 Å². The summed E-state index contributed by atoms with van der Waals surface area (Å²) < 4.78 is 6.71. The van der Waals surface area contributed by atoms with Crippen LogP contribution in [0.15, 0.2) is 4.52 Å². The Morgan fingerprint density at radius 3 is 2.00 bits per heavy atom. The largest absolute Gasteiger partial charge is 0.383 e. The number of hydrogen-bond acceptors (Lipinski definition) is 1. The molecule has 0 aromatic carbocycles. The molecular weight excluding hydrogens is 90.1 g/mol. The van der Waals surface area contributed by atoms with E-state index in [2.05, 4.69) is 0 Å². The Labute approximate surface area is 42.7 Å². The maximum atomic E-state index is 4.96. The lowest BCUT2D eigenvalue weighted by Gasteiger charge is -2.09. The van der Waals surface area contributed by atoms with Gasteiger partial charge < -0.3 is 4.52 Å². The molecule has 1 aromatic heterocycles. The first-order valence-electron chi connectivity index (χ1n) is 2.31. The zero-order chi connectivity index (χ0) is 5.44. The van der Waals surface area contributed by atoms with Crippen molar-refractivity contribution >= 4 is 0 Å². The molecule has 7 heavy (non-hydrogen) atoms. The van der Waals surface area contributed by atoms with Crippen molar-refractivity contribution in [2.75, 3.05) is 0 Å². The van der Waals surface area contributed by atoms with E-state index in [0.717, 1.165) is 5.76 Å². The lowest BCUT2D eigenvalue weighted by molar-refractivity contribution is 0.211. The van der Waals surface area contributed by atoms with Crippen LogP contribution < -0.4 is 0 Å². The predicted molar refractivity (Wildman–Crippen MR) is 27.2 cm³/mol. The molecule has 2 heteroatoms. The minimum atomic E-state index is 1.03. The summed E-state index contributed by atoms with van der Waals surface area (Å²) in [6, 6.07) is 0. The van der Waals surface area contributed by atoms with Crippen molar-refractivity contribution in [3.8, 4) is 0 Å². The first kappa shape index (κ1) is 4.50. The van der Waals surface area contributed by atoms with Gasteiger partial charge in [-0.25, -0.2) is 4.74 Å². The van der Waals surface area contributed by atoms with Gasteiger partial charge >= 0.3 is 0 Å². The number of aromatic nitrogens is 1. The van der Waals surface area contributed by atoms with Crippen molar-refractivity contribution in [2.45, 2.75) is 13.8 Å². The van der Waals surface area contributed by atoms with Crippen LogP contribution in [-0.4, -0.2) is 4.74 Å². The number of hydrogen-bond donors (Lipinski definition) is 0. The van der Waals surface area contributed by atoms with Gasteiger partial charge in [0, 0.05) is 7.05 Å². The fourth-order valence-corrected chi connectivity index (χ4v) is 0.523. The van der Waals surface area contributed by atoms with E-state index in [0.29, 0.717) is 0 Å². The Morgan fingerprint density at radius 1 is 1.43 bits per heavy atom. The van der Waals surface area contributed by atoms with Crippen LogP contribution in [0.2, 0.25) is 0 Å². The lowest BCUT2D eigenvalue weighted by Crippen LogP contribution is -2.03. The monoisotopic (exact) mass is 99.1 g/mol. The van der Waals surface area contributed by atoms with Gasteiger partial charge in [-0.2, -0.15) is 0 Å². The van der Waals surface area contributed by atoms with Crippen LogP contribution in [0.25, 0.3) is 0 Å². The molecule has 0 N–H and O–H groups in total. The van der Waals surface area contributed by atoms with Gasteiger partial charge in [0.2, 0.25) is 0 Å². The average Bonchev–Trinajstić information content (AvgIpc) is 1.68. The van der Waals surface area contributed by atoms with Crippen molar-refractivity contribution in [1.82, 2.24) is 4.74 Å². The molecule has 0 bridgehead atoms. The second-order valence-electron chi connectivity index (χ2n) is 1.73. The summed E-state index contributed by atoms with van der Waals surface area (Å²) in [4.78, 5) is 0. The van der Waals surface area contributed by atoms with E-state index in [1.165, 1.54) is 5.69 Å². The molecular formula is C5H9NO. The summed E-state index contributed by atoms with van der Waals surface area (Å²) in [6.45, 7) is 3.98. The molecule has 0 saturated carbocycles. The van der Waals surface area contributed by atoms with Crippen LogP contribution in [0.3, 0.4) is 0 Å². The highest BCUT2D eigenvalue weighted by molar-refractivity contribution is 5.02. The molecule has 0 aliphatic rings. The van der Waals surface area contributed by atoms with Crippen molar-refractivity contribution in [3.63, 3.8) is 0 Å². The van der Waals surface area contributed by atoms with Crippen LogP contribution in [0.1, 0.15) is 11.5 Å². The Balaban J connectivity index is 2.92. The molecule has 0 radical (unpaired) electrons. The first-order valence-corrected chi connectivity index (χ1v) is 2.31. The summed E-state index contributed by atoms with van der Waals surface area (Å²) >= 11 is 0. The molecule has 1 aromatic rings. The molecule has 1 heterocycles. The van der Waals surface area contributed by atoms with Crippen molar-refractivity contribution in [2.24, 2.45) is 7.05 Å². The third-order valence-electron chi connectivity index (χ3n) is 1.26. The highest BCUT2D eigenvalue weighted by Crippen LogP contribution is 2.07. The molecule has 2 nitrogen and oxygen atoms in total. The first-order chi connectivity index (χ1) is 3.22. The summed E-state index contributed by atoms with van der Waals surface area (Å²) in [7, 11) is 1.89. The molecule has 0 spiro atoms. The van der Waals surface area contributed by atoms with E-state index in [1.54, 1.807) is 4.74 Å². The minimum Gasteiger partial charge on any atom is -0.383 e. The van der Waals surface area contributed by atoms with Crippen molar-refractivity contribution in [1.29, 1.82) is 0 Å². The highest BCUT2D eigenvalue weighted by Gasteiger charge is 2.00. The summed E-state index contributed by atoms with van der Waals surface area (Å²) in [5.74, 6) is 1.03. The maximum Gasteiger partial charge on any atom is 0.151 e. The number of rotatable bonds is 0. The molecule has 0 unspecified atom stereocenters. The van der Waals surface area contributed by atoms with Gasteiger partial charge in [-0.3, -0.25) is 0 Å². The summed E-state index contributed by atoms with van der Waals surface area (Å²) in [5.41, 5.74) is 1.22. The van der Waals surface area contributed by atoms with Gasteiger partial charge in [0.15, 0.2) is 5.76 Å². The van der Waals surface area contributed by atoms with Gasteiger partial charge in [-0.15, -0.1) is 0 Å². The van der Waals surface area contributed by atoms with E-state index < -0.39 is 0 Å². The van der Waals surface area contributed by atoms with Crippen molar-refractivity contribution in [3.05, 3.63) is 11.5 Å². The third kappa shape index (κ3) is 0.463. The van der Waals surface area contributed by atoms with Crippen LogP contribution in [-0.2, 0) is 7.05 Å². The highest BCUT2D eigenvalue weighted by atomic mass is 16.5. The molecule has 0 aliphatic heterocycles. The Bertz CT molecular complexity index is 147. The van der Waals surface area contributed by atoms with Gasteiger partial charge in [-0.1, -0.05) is 0 Å². The van der Waals surface area contributed by atoms with E-state index in [1.807, 2.05) is 20.9 Å². The summed E-state index contributed by atoms with van der Waals surface area (Å²) in [6.07, 6.45) is 0. The SMILES string of the molecule is Cc1on(C)c1C. The van der Waals surface area contributed by atoms with Crippen LogP contribution >= 0.6 is 0 Å². The third-order valence-corrected chi connectivity index (χ3v) is 1.26. The Hall–Kier alpha value is -0.660. The van der Waals surface area contributed by atoms with Crippen LogP contribution in [0, 0.1) is 13.8 Å². The maximum absolute atomic E-state index is 4.96. The number of nitrogens with zero attached hydrogens (tertiary/aromatic N) is 1. The molecule has 1 rings (SSSR count). The normalized spacial score (nSPS) is 10.1. The quantitative estimate of drug-likeness (QED) is 0.478. The molecule has 0 fully saturated rings. The fourth-order valence-electron chi connectivity index (χ4n) is 0.523. The second-order valence-corrected chi connectivity index (χ2v) is 1.73. The minimum absolute atomic E-state index is 1.03. The Morgan fingerprint density at radius 2 is 2.00 bits per heavy atom. The van der Waals surface area contributed by atoms with E-state index >= 15 is 0 Å². The van der Waals surface area contributed by atoms with E-state index in [4.69, 9.17) is 4.52 Å². The number of aryl methyl sites for hydroxylation is 2. The average molecular weight is 99.1 g/mol. The standard InChI is InChI=1S/C5H9NO/c1-4-5(2)7-6(4)3/h1-3H3. The molecule has 40 valence electrons. The second kappa shape index (κ2) is 1.15. The molecule has 0 amide bonds. The van der Waals surface area contributed by atoms with Gasteiger partial charge in [0.1, 0.15) is 0 Å². The lowest BCUT2D eigenvalue weighted by atomic mass is 10.4. The topological polar surface area (TPSA) is 18.1 Å². The fraction of sp³-hybridized carbons (Fsp3) is 0.600. The van der Waals surface area contributed by atoms with Gasteiger partial charge in [0.05, 0.1) is 5.69 Å². The zero-order valence-corrected chi connectivity index (χ0v) is 4.86. The van der Waals surface area contributed by atoms with E-state index in [-0.39, 0.29) is 0 Å². The van der Waals surface area contributed by atoms with Gasteiger partial charge in [-0.05, 0) is 13.8 Å². The molecule has 0 aliphatic carbocycles. The van der Waals surface area contributed by atoms with Crippen LogP contribution in [0.5, 0.6) is 0 Å². The Kier molecular flexibility index (Phi) is 0.741.